The van der Waals surface area contributed by atoms with Crippen LogP contribution in [0, 0.1) is 0 Å². The van der Waals surface area contributed by atoms with Gasteiger partial charge in [0.1, 0.15) is 6.54 Å². The largest absolute Gasteiger partial charge is 0.352 e. The molecule has 10 nitrogen and oxygen atoms in total. The highest BCUT2D eigenvalue weighted by Crippen LogP contribution is 2.16. The van der Waals surface area contributed by atoms with E-state index in [-0.39, 0.29) is 52.7 Å². The number of rotatable bonds is 7. The Bertz CT molecular complexity index is 1530. The summed E-state index contributed by atoms with van der Waals surface area (Å²) in [7, 11) is 0. The predicted octanol–water partition coefficient (Wildman–Crippen LogP) is 1.85. The van der Waals surface area contributed by atoms with Crippen LogP contribution in [0.3, 0.4) is 0 Å². The Morgan fingerprint density at radius 3 is 2.37 bits per heavy atom. The number of benzene rings is 2. The van der Waals surface area contributed by atoms with E-state index in [9.17, 15) is 19.2 Å². The summed E-state index contributed by atoms with van der Waals surface area (Å²) in [5.41, 5.74) is 0.600. The molecule has 0 radical (unpaired) electrons. The highest BCUT2D eigenvalue weighted by atomic mass is 16.2. The van der Waals surface area contributed by atoms with Crippen molar-refractivity contribution in [3.63, 3.8) is 0 Å². The molecule has 4 rings (SSSR count). The van der Waals surface area contributed by atoms with Crippen LogP contribution >= 0.6 is 0 Å². The van der Waals surface area contributed by atoms with Gasteiger partial charge in [-0.25, -0.2) is 13.9 Å². The van der Waals surface area contributed by atoms with E-state index >= 15 is 0 Å². The average molecular weight is 477 g/mol. The van der Waals surface area contributed by atoms with Gasteiger partial charge in [-0.2, -0.15) is 0 Å². The molecule has 2 heterocycles. The molecule has 35 heavy (non-hydrogen) atoms. The van der Waals surface area contributed by atoms with Crippen LogP contribution in [0.15, 0.2) is 58.1 Å². The number of fused-ring (bicyclic) bond motifs is 3. The molecule has 0 fully saturated rings. The fourth-order valence-electron chi connectivity index (χ4n) is 3.92. The number of hydrogen-bond donors (Lipinski definition) is 2. The molecule has 2 aromatic carbocycles. The summed E-state index contributed by atoms with van der Waals surface area (Å²) in [5.74, 6) is -0.595. The molecule has 0 aliphatic rings. The number of hydrogen-bond acceptors (Lipinski definition) is 5. The van der Waals surface area contributed by atoms with Gasteiger partial charge in [0.25, 0.3) is 11.5 Å². The van der Waals surface area contributed by atoms with E-state index in [1.54, 1.807) is 12.1 Å². The highest BCUT2D eigenvalue weighted by Gasteiger charge is 2.21. The van der Waals surface area contributed by atoms with Crippen LogP contribution in [-0.2, 0) is 17.9 Å². The summed E-state index contributed by atoms with van der Waals surface area (Å²) >= 11 is 0. The van der Waals surface area contributed by atoms with E-state index in [0.717, 1.165) is 10.2 Å². The van der Waals surface area contributed by atoms with Gasteiger partial charge in [-0.1, -0.05) is 30.3 Å². The van der Waals surface area contributed by atoms with Crippen molar-refractivity contribution in [3.05, 3.63) is 80.5 Å². The topological polar surface area (TPSA) is 120 Å². The minimum absolute atomic E-state index is 0.0768. The Hall–Kier alpha value is -4.21. The summed E-state index contributed by atoms with van der Waals surface area (Å²) in [6.07, 6.45) is 0. The van der Waals surface area contributed by atoms with E-state index in [2.05, 4.69) is 15.7 Å². The lowest BCUT2D eigenvalue weighted by atomic mass is 10.1. The maximum absolute atomic E-state index is 13.4. The van der Waals surface area contributed by atoms with Crippen LogP contribution in [0.5, 0.6) is 0 Å². The van der Waals surface area contributed by atoms with Gasteiger partial charge < -0.3 is 10.6 Å². The Balaban J connectivity index is 1.79. The Kier molecular flexibility index (Phi) is 6.54. The third kappa shape index (κ3) is 4.72. The number of carbonyl (C=O) groups excluding carboxylic acids is 2. The quantitative estimate of drug-likeness (QED) is 0.422. The molecule has 2 N–H and O–H groups in total. The van der Waals surface area contributed by atoms with Crippen LogP contribution < -0.4 is 21.9 Å². The van der Waals surface area contributed by atoms with Crippen molar-refractivity contribution in [2.75, 3.05) is 0 Å². The molecule has 0 atom stereocenters. The average Bonchev–Trinajstić information content (AvgIpc) is 3.13. The first-order valence-electron chi connectivity index (χ1n) is 11.5. The maximum atomic E-state index is 13.4. The number of carbonyl (C=O) groups is 2. The summed E-state index contributed by atoms with van der Waals surface area (Å²) < 4.78 is 3.73. The van der Waals surface area contributed by atoms with E-state index in [4.69, 9.17) is 0 Å². The predicted molar refractivity (Wildman–Crippen MR) is 132 cm³/mol. The molecule has 0 saturated heterocycles. The summed E-state index contributed by atoms with van der Waals surface area (Å²) in [6, 6.07) is 13.7. The van der Waals surface area contributed by atoms with Gasteiger partial charge in [-0.3, -0.25) is 19.0 Å². The molecule has 0 aliphatic carbocycles. The molecule has 0 spiro atoms. The lowest BCUT2D eigenvalue weighted by molar-refractivity contribution is -0.122. The molecular formula is C25H28N6O4. The molecule has 4 aromatic rings. The molecule has 0 aliphatic heterocycles. The van der Waals surface area contributed by atoms with Crippen molar-refractivity contribution in [1.82, 2.24) is 29.4 Å². The van der Waals surface area contributed by atoms with Gasteiger partial charge in [-0.15, -0.1) is 5.10 Å². The maximum Gasteiger partial charge on any atom is 0.352 e. The van der Waals surface area contributed by atoms with Gasteiger partial charge in [0.15, 0.2) is 0 Å². The van der Waals surface area contributed by atoms with E-state index in [1.807, 2.05) is 58.0 Å². The molecular weight excluding hydrogens is 448 g/mol. The van der Waals surface area contributed by atoms with Gasteiger partial charge in [0.2, 0.25) is 11.7 Å². The fraction of sp³-hybridized carbons (Fsp3) is 0.320. The van der Waals surface area contributed by atoms with Crippen molar-refractivity contribution in [2.24, 2.45) is 0 Å². The van der Waals surface area contributed by atoms with Crippen molar-refractivity contribution >= 4 is 28.5 Å². The minimum atomic E-state index is -0.573. The second-order valence-electron chi connectivity index (χ2n) is 8.97. The van der Waals surface area contributed by atoms with Crippen LogP contribution in [0.2, 0.25) is 0 Å². The van der Waals surface area contributed by atoms with Crippen LogP contribution in [0.4, 0.5) is 0 Å². The Morgan fingerprint density at radius 2 is 1.71 bits per heavy atom. The SMILES string of the molecule is CC(C)NC(=O)c1ccc2c(=O)n(C(C)C)c3nn(CC(=O)NCc4ccccc4)c(=O)n3c2c1. The first-order chi connectivity index (χ1) is 16.7. The van der Waals surface area contributed by atoms with Gasteiger partial charge in [0.05, 0.1) is 10.9 Å². The normalized spacial score (nSPS) is 11.5. The standard InChI is InChI=1S/C25H28N6O4/c1-15(2)27-22(33)18-10-11-19-20(12-18)31-24(30(16(3)4)23(19)34)28-29(25(31)35)14-21(32)26-13-17-8-6-5-7-9-17/h5-12,15-16H,13-14H2,1-4H3,(H,26,32)(H,27,33). The zero-order valence-corrected chi connectivity index (χ0v) is 20.1. The fourth-order valence-corrected chi connectivity index (χ4v) is 3.92. The summed E-state index contributed by atoms with van der Waals surface area (Å²) in [5, 5.41) is 10.2. The van der Waals surface area contributed by atoms with E-state index in [0.29, 0.717) is 12.1 Å². The molecule has 0 saturated carbocycles. The van der Waals surface area contributed by atoms with Crippen LogP contribution in [0.25, 0.3) is 16.7 Å². The van der Waals surface area contributed by atoms with Crippen molar-refractivity contribution < 1.29 is 9.59 Å². The van der Waals surface area contributed by atoms with Crippen molar-refractivity contribution in [2.45, 2.75) is 52.9 Å². The van der Waals surface area contributed by atoms with Gasteiger partial charge in [-0.05, 0) is 51.5 Å². The number of nitrogens with zero attached hydrogens (tertiary/aromatic N) is 4. The van der Waals surface area contributed by atoms with Crippen LogP contribution in [0.1, 0.15) is 49.7 Å². The zero-order chi connectivity index (χ0) is 25.3. The van der Waals surface area contributed by atoms with Crippen molar-refractivity contribution in [1.29, 1.82) is 0 Å². The molecule has 182 valence electrons. The Labute approximate surface area is 201 Å². The number of nitrogens with one attached hydrogen (secondary N) is 2. The zero-order valence-electron chi connectivity index (χ0n) is 20.1. The van der Waals surface area contributed by atoms with E-state index < -0.39 is 5.69 Å². The first kappa shape index (κ1) is 23.9. The van der Waals surface area contributed by atoms with Crippen molar-refractivity contribution in [3.8, 4) is 0 Å². The lowest BCUT2D eigenvalue weighted by Crippen LogP contribution is -2.33. The second kappa shape index (κ2) is 9.57. The molecule has 0 bridgehead atoms. The van der Waals surface area contributed by atoms with E-state index in [1.165, 1.54) is 15.0 Å². The smallest absolute Gasteiger partial charge is 0.350 e. The highest BCUT2D eigenvalue weighted by molar-refractivity contribution is 5.98. The second-order valence-corrected chi connectivity index (χ2v) is 8.97. The summed E-state index contributed by atoms with van der Waals surface area (Å²) in [6.45, 7) is 7.32. The van der Waals surface area contributed by atoms with Crippen LogP contribution in [-0.4, -0.2) is 36.6 Å². The molecule has 2 amide bonds. The third-order valence-corrected chi connectivity index (χ3v) is 5.55. The summed E-state index contributed by atoms with van der Waals surface area (Å²) in [4.78, 5) is 51.8. The first-order valence-corrected chi connectivity index (χ1v) is 11.5. The van der Waals surface area contributed by atoms with Gasteiger partial charge >= 0.3 is 5.69 Å². The molecule has 2 aromatic heterocycles. The monoisotopic (exact) mass is 476 g/mol. The Morgan fingerprint density at radius 1 is 1.00 bits per heavy atom. The van der Waals surface area contributed by atoms with Gasteiger partial charge in [0, 0.05) is 24.2 Å². The lowest BCUT2D eigenvalue weighted by Gasteiger charge is -2.13. The minimum Gasteiger partial charge on any atom is -0.350 e. The number of aromatic nitrogens is 4. The third-order valence-electron chi connectivity index (χ3n) is 5.55. The molecule has 10 heteroatoms. The number of amides is 2. The molecule has 0 unspecified atom stereocenters.